The molecule has 4 rings (SSSR count). The summed E-state index contributed by atoms with van der Waals surface area (Å²) in [5.74, 6) is -13.1. The van der Waals surface area contributed by atoms with Crippen molar-refractivity contribution in [2.45, 2.75) is 23.7 Å². The van der Waals surface area contributed by atoms with E-state index < -0.39 is 98.5 Å². The molecule has 3 aliphatic rings. The lowest BCUT2D eigenvalue weighted by Gasteiger charge is -2.53. The highest BCUT2D eigenvalue weighted by Gasteiger charge is 2.68. The highest BCUT2D eigenvalue weighted by molar-refractivity contribution is 6.25. The molecular weight excluding hydrogens is 528 g/mol. The predicted molar refractivity (Wildman–Crippen MR) is 136 cm³/mol. The summed E-state index contributed by atoms with van der Waals surface area (Å²) in [6.07, 6.45) is 1.19. The summed E-state index contributed by atoms with van der Waals surface area (Å²) in [5, 5.41) is 71.2. The Morgan fingerprint density at radius 2 is 1.80 bits per heavy atom. The lowest BCUT2D eigenvalue weighted by molar-refractivity contribution is -0.167. The number of benzene rings is 1. The third-order valence-corrected chi connectivity index (χ3v) is 7.61. The molecule has 40 heavy (non-hydrogen) atoms. The number of Topliss-reactive ketones (excluding diaryl/α,β-unsaturated/α-hetero) is 2. The SMILES string of the molecule is C=C[C@H]1c2ccc(C(=O)OC=N)c(O)c2C(O)=C2C(=O)C3(O)C(O)=C(C(N)=O)C(=O)[C@@H](N(C=C)C=N)[C@@H]3[C@@H](O)[C@@H]21. The van der Waals surface area contributed by atoms with Crippen molar-refractivity contribution in [1.82, 2.24) is 4.90 Å². The van der Waals surface area contributed by atoms with Crippen LogP contribution in [0.1, 0.15) is 27.4 Å². The Hall–Kier alpha value is -5.08. The fourth-order valence-corrected chi connectivity index (χ4v) is 5.93. The minimum absolute atomic E-state index is 0.0892. The van der Waals surface area contributed by atoms with Gasteiger partial charge in [0, 0.05) is 17.4 Å². The number of aliphatic hydroxyl groups excluding tert-OH is 3. The Kier molecular flexibility index (Phi) is 6.70. The first-order valence-corrected chi connectivity index (χ1v) is 11.6. The number of nitrogens with zero attached hydrogens (tertiary/aromatic N) is 1. The maximum Gasteiger partial charge on any atom is 0.348 e. The summed E-state index contributed by atoms with van der Waals surface area (Å²) in [5.41, 5.74) is -0.667. The van der Waals surface area contributed by atoms with E-state index in [9.17, 15) is 44.7 Å². The number of fused-ring (bicyclic) bond motifs is 3. The lowest BCUT2D eigenvalue weighted by Crippen LogP contribution is -2.70. The van der Waals surface area contributed by atoms with E-state index in [1.165, 1.54) is 12.1 Å². The van der Waals surface area contributed by atoms with Gasteiger partial charge >= 0.3 is 5.97 Å². The third-order valence-electron chi connectivity index (χ3n) is 7.61. The summed E-state index contributed by atoms with van der Waals surface area (Å²) in [4.78, 5) is 52.6. The molecule has 0 radical (unpaired) electrons. The van der Waals surface area contributed by atoms with Crippen LogP contribution in [-0.2, 0) is 19.1 Å². The number of allylic oxidation sites excluding steroid dienone is 1. The summed E-state index contributed by atoms with van der Waals surface area (Å²) < 4.78 is 4.47. The fraction of sp³-hybridized carbons (Fsp3) is 0.231. The molecule has 1 amide bonds. The van der Waals surface area contributed by atoms with Gasteiger partial charge in [0.2, 0.25) is 5.78 Å². The Morgan fingerprint density at radius 1 is 1.15 bits per heavy atom. The van der Waals surface area contributed by atoms with Crippen molar-refractivity contribution in [3.63, 3.8) is 0 Å². The number of nitrogens with two attached hydrogens (primary N) is 1. The molecule has 1 unspecified atom stereocenters. The van der Waals surface area contributed by atoms with E-state index in [0.717, 1.165) is 17.2 Å². The van der Waals surface area contributed by atoms with E-state index in [2.05, 4.69) is 17.9 Å². The molecule has 0 aromatic heterocycles. The molecule has 0 aliphatic heterocycles. The molecule has 6 atom stereocenters. The number of hydrogen-bond donors (Lipinski definition) is 8. The first kappa shape index (κ1) is 27.9. The van der Waals surface area contributed by atoms with Gasteiger partial charge in [-0.05, 0) is 17.8 Å². The van der Waals surface area contributed by atoms with E-state index in [-0.39, 0.29) is 5.56 Å². The van der Waals surface area contributed by atoms with E-state index in [1.807, 2.05) is 0 Å². The topological polar surface area (TPSA) is 256 Å². The normalized spacial score (nSPS) is 29.0. The number of phenols is 1. The van der Waals surface area contributed by atoms with Gasteiger partial charge in [-0.2, -0.15) is 0 Å². The minimum Gasteiger partial charge on any atom is -0.508 e. The van der Waals surface area contributed by atoms with Crippen LogP contribution in [0, 0.1) is 22.7 Å². The first-order chi connectivity index (χ1) is 18.8. The second kappa shape index (κ2) is 9.59. The number of rotatable bonds is 7. The molecule has 1 fully saturated rings. The lowest BCUT2D eigenvalue weighted by atomic mass is 9.54. The first-order valence-electron chi connectivity index (χ1n) is 11.6. The number of phenolic OH excluding ortho intramolecular Hbond substituents is 1. The van der Waals surface area contributed by atoms with Crippen LogP contribution in [0.25, 0.3) is 5.76 Å². The number of esters is 1. The average Bonchev–Trinajstić information content (AvgIpc) is 2.90. The molecule has 1 aromatic rings. The van der Waals surface area contributed by atoms with E-state index in [0.29, 0.717) is 12.7 Å². The highest BCUT2D eigenvalue weighted by atomic mass is 16.5. The largest absolute Gasteiger partial charge is 0.508 e. The molecule has 14 nitrogen and oxygen atoms in total. The van der Waals surface area contributed by atoms with Gasteiger partial charge in [-0.25, -0.2) is 4.79 Å². The standard InChI is InChI=1S/C26H24N4O10/c1-3-9-10-5-6-11(25(38)40-8-28)18(31)13(10)19(32)14-12(9)20(33)16-17(30(4-2)7-27)21(34)15(24(29)37)23(36)26(16,39)22(14)35/h3-9,12,16-17,20,27-28,31-33,36,39H,1-2H2,(H2,29,37)/t9-,12+,16+,17-,20-,26?/m0/s1. The molecule has 0 heterocycles. The van der Waals surface area contributed by atoms with Gasteiger partial charge in [-0.3, -0.25) is 25.2 Å². The molecule has 0 bridgehead atoms. The van der Waals surface area contributed by atoms with Crippen molar-refractivity contribution in [1.29, 1.82) is 10.8 Å². The number of carbonyl (C=O) groups excluding carboxylic acids is 4. The smallest absolute Gasteiger partial charge is 0.348 e. The predicted octanol–water partition coefficient (Wildman–Crippen LogP) is -0.0833. The maximum atomic E-state index is 14.0. The van der Waals surface area contributed by atoms with E-state index in [1.54, 1.807) is 0 Å². The molecule has 0 saturated heterocycles. The van der Waals surface area contributed by atoms with Crippen LogP contribution in [0.5, 0.6) is 5.75 Å². The molecular formula is C26H24N4O10. The molecule has 1 saturated carbocycles. The Balaban J connectivity index is 2.08. The summed E-state index contributed by atoms with van der Waals surface area (Å²) in [7, 11) is 0. The van der Waals surface area contributed by atoms with Gasteiger partial charge in [0.25, 0.3) is 5.91 Å². The second-order valence-corrected chi connectivity index (χ2v) is 9.27. The van der Waals surface area contributed by atoms with Gasteiger partial charge in [0.15, 0.2) is 17.8 Å². The monoisotopic (exact) mass is 552 g/mol. The number of ether oxygens (including phenoxy) is 1. The quantitative estimate of drug-likeness (QED) is 0.0729. The van der Waals surface area contributed by atoms with E-state index >= 15 is 0 Å². The maximum absolute atomic E-state index is 14.0. The summed E-state index contributed by atoms with van der Waals surface area (Å²) >= 11 is 0. The third kappa shape index (κ3) is 3.43. The zero-order valence-electron chi connectivity index (χ0n) is 20.6. The van der Waals surface area contributed by atoms with Crippen molar-refractivity contribution >= 4 is 41.9 Å². The number of ketones is 2. The molecule has 14 heteroatoms. The van der Waals surface area contributed by atoms with Crippen LogP contribution in [0.3, 0.4) is 0 Å². The van der Waals surface area contributed by atoms with Gasteiger partial charge in [0.1, 0.15) is 34.4 Å². The van der Waals surface area contributed by atoms with Gasteiger partial charge in [0.05, 0.1) is 23.9 Å². The van der Waals surface area contributed by atoms with Crippen molar-refractivity contribution in [2.75, 3.05) is 0 Å². The van der Waals surface area contributed by atoms with Crippen molar-refractivity contribution in [3.05, 3.63) is 71.2 Å². The van der Waals surface area contributed by atoms with Gasteiger partial charge in [-0.1, -0.05) is 18.7 Å². The van der Waals surface area contributed by atoms with Crippen molar-refractivity contribution in [2.24, 2.45) is 17.6 Å². The zero-order chi connectivity index (χ0) is 29.8. The molecule has 1 aromatic carbocycles. The van der Waals surface area contributed by atoms with Crippen LogP contribution in [-0.4, -0.2) is 84.4 Å². The Morgan fingerprint density at radius 3 is 2.33 bits per heavy atom. The average molecular weight is 552 g/mol. The van der Waals surface area contributed by atoms with Crippen molar-refractivity contribution < 1.29 is 49.4 Å². The number of aromatic hydroxyl groups is 1. The van der Waals surface area contributed by atoms with Crippen molar-refractivity contribution in [3.8, 4) is 5.75 Å². The van der Waals surface area contributed by atoms with Crippen LogP contribution in [0.2, 0.25) is 0 Å². The zero-order valence-corrected chi connectivity index (χ0v) is 20.6. The molecule has 0 spiro atoms. The Labute approximate surface area is 225 Å². The number of amides is 1. The van der Waals surface area contributed by atoms with Crippen LogP contribution >= 0.6 is 0 Å². The molecule has 3 aliphatic carbocycles. The molecule has 9 N–H and O–H groups in total. The van der Waals surface area contributed by atoms with Crippen LogP contribution in [0.15, 0.2) is 54.5 Å². The fourth-order valence-electron chi connectivity index (χ4n) is 5.93. The number of nitrogens with one attached hydrogen (secondary N) is 2. The number of hydrogen-bond acceptors (Lipinski definition) is 12. The van der Waals surface area contributed by atoms with Gasteiger partial charge in [-0.15, -0.1) is 6.58 Å². The number of primary amides is 1. The summed E-state index contributed by atoms with van der Waals surface area (Å²) in [6.45, 7) is 7.18. The minimum atomic E-state index is -3.22. The molecule has 208 valence electrons. The van der Waals surface area contributed by atoms with E-state index in [4.69, 9.17) is 16.6 Å². The Bertz CT molecular complexity index is 1490. The van der Waals surface area contributed by atoms with Crippen LogP contribution < -0.4 is 5.73 Å². The number of carbonyl (C=O) groups is 4. The van der Waals surface area contributed by atoms with Gasteiger partial charge < -0.3 is 40.9 Å². The number of aliphatic hydroxyl groups is 4. The summed E-state index contributed by atoms with van der Waals surface area (Å²) in [6, 6.07) is 0.587. The second-order valence-electron chi connectivity index (χ2n) is 9.27. The van der Waals surface area contributed by atoms with Crippen LogP contribution in [0.4, 0.5) is 0 Å². The highest BCUT2D eigenvalue weighted by Crippen LogP contribution is 2.56.